The minimum Gasteiger partial charge on any atom is -0.465 e. The van der Waals surface area contributed by atoms with Gasteiger partial charge < -0.3 is 9.29 Å². The lowest BCUT2D eigenvalue weighted by Gasteiger charge is -2.06. The van der Waals surface area contributed by atoms with Gasteiger partial charge in [0.15, 0.2) is 11.1 Å². The Balaban J connectivity index is 3.14. The molecule has 0 heterocycles. The lowest BCUT2D eigenvalue weighted by Crippen LogP contribution is -2.07. The zero-order chi connectivity index (χ0) is 11.4. The van der Waals surface area contributed by atoms with E-state index in [-0.39, 0.29) is 11.3 Å². The van der Waals surface area contributed by atoms with E-state index in [4.69, 9.17) is 16.2 Å². The Labute approximate surface area is 94.5 Å². The highest BCUT2D eigenvalue weighted by atomic mass is 35.5. The van der Waals surface area contributed by atoms with Gasteiger partial charge in [-0.05, 0) is 17.7 Å². The fourth-order valence-corrected chi connectivity index (χ4v) is 1.80. The zero-order valence-corrected chi connectivity index (χ0v) is 9.47. The van der Waals surface area contributed by atoms with E-state index in [9.17, 15) is 9.00 Å². The molecule has 0 spiro atoms. The molecule has 0 radical (unpaired) electrons. The van der Waals surface area contributed by atoms with E-state index in [1.165, 1.54) is 19.2 Å². The largest absolute Gasteiger partial charge is 0.465 e. The van der Waals surface area contributed by atoms with Crippen molar-refractivity contribution in [3.05, 3.63) is 34.3 Å². The van der Waals surface area contributed by atoms with E-state index in [0.29, 0.717) is 10.6 Å². The number of benzene rings is 1. The minimum absolute atomic E-state index is 0.123. The maximum atomic E-state index is 11.3. The van der Waals surface area contributed by atoms with Crippen LogP contribution in [0.1, 0.15) is 15.9 Å². The van der Waals surface area contributed by atoms with E-state index < -0.39 is 17.0 Å². The summed E-state index contributed by atoms with van der Waals surface area (Å²) in [7, 11) is 1.24. The summed E-state index contributed by atoms with van der Waals surface area (Å²) in [6, 6.07) is 4.49. The molecule has 4 nitrogen and oxygen atoms in total. The molecule has 1 aromatic rings. The van der Waals surface area contributed by atoms with Crippen LogP contribution in [0.2, 0.25) is 5.02 Å². The fourth-order valence-electron chi connectivity index (χ4n) is 1.11. The highest BCUT2D eigenvalue weighted by molar-refractivity contribution is 7.78. The van der Waals surface area contributed by atoms with Gasteiger partial charge in [-0.3, -0.25) is 0 Å². The molecule has 0 saturated heterocycles. The summed E-state index contributed by atoms with van der Waals surface area (Å²) in [4.78, 5) is 11.3. The quantitative estimate of drug-likeness (QED) is 0.655. The monoisotopic (exact) mass is 248 g/mol. The summed E-state index contributed by atoms with van der Waals surface area (Å²) in [5, 5.41) is 0.378. The van der Waals surface area contributed by atoms with Crippen molar-refractivity contribution in [2.75, 3.05) is 7.11 Å². The molecule has 0 aliphatic carbocycles. The van der Waals surface area contributed by atoms with Crippen LogP contribution in [0.5, 0.6) is 0 Å². The molecule has 0 saturated carbocycles. The summed E-state index contributed by atoms with van der Waals surface area (Å²) in [5.74, 6) is -0.695. The molecule has 15 heavy (non-hydrogen) atoms. The van der Waals surface area contributed by atoms with Crippen LogP contribution in [0.3, 0.4) is 0 Å². The molecule has 6 heteroatoms. The third-order valence-electron chi connectivity index (χ3n) is 1.76. The minimum atomic E-state index is -2.00. The number of methoxy groups -OCH3 is 1. The van der Waals surface area contributed by atoms with E-state index in [0.717, 1.165) is 0 Å². The highest BCUT2D eigenvalue weighted by Crippen LogP contribution is 2.18. The van der Waals surface area contributed by atoms with Gasteiger partial charge in [-0.2, -0.15) is 0 Å². The summed E-state index contributed by atoms with van der Waals surface area (Å²) in [6.07, 6.45) is 0. The first-order valence-electron chi connectivity index (χ1n) is 3.98. The standard InChI is InChI=1S/C9H9ClO4S/c1-14-9(11)8-4-7(10)3-2-6(8)5-15(12)13/h2-4H,5H2,1H3,(H,12,13). The number of carbonyl (C=O) groups excluding carboxylic acids is 1. The van der Waals surface area contributed by atoms with Gasteiger partial charge in [-0.1, -0.05) is 17.7 Å². The third-order valence-corrected chi connectivity index (χ3v) is 2.55. The van der Waals surface area contributed by atoms with Gasteiger partial charge in [0.2, 0.25) is 0 Å². The predicted octanol–water partition coefficient (Wildman–Crippen LogP) is 1.85. The maximum absolute atomic E-state index is 11.3. The van der Waals surface area contributed by atoms with Crippen molar-refractivity contribution >= 4 is 28.7 Å². The first-order valence-corrected chi connectivity index (χ1v) is 5.64. The number of carbonyl (C=O) groups is 1. The van der Waals surface area contributed by atoms with Crippen LogP contribution in [-0.2, 0) is 21.6 Å². The summed E-state index contributed by atoms with van der Waals surface area (Å²) in [5.41, 5.74) is 0.652. The number of halogens is 1. The SMILES string of the molecule is COC(=O)c1cc(Cl)ccc1CS(=O)O. The van der Waals surface area contributed by atoms with Crippen LogP contribution in [-0.4, -0.2) is 21.8 Å². The Morgan fingerprint density at radius 2 is 2.27 bits per heavy atom. The van der Waals surface area contributed by atoms with Crippen molar-refractivity contribution in [2.45, 2.75) is 5.75 Å². The molecule has 1 unspecified atom stereocenters. The van der Waals surface area contributed by atoms with Gasteiger partial charge in [-0.25, -0.2) is 9.00 Å². The molecule has 0 amide bonds. The first-order chi connectivity index (χ1) is 7.04. The predicted molar refractivity (Wildman–Crippen MR) is 57.3 cm³/mol. The summed E-state index contributed by atoms with van der Waals surface area (Å²) >= 11 is 3.71. The molecule has 0 bridgehead atoms. The number of hydrogen-bond acceptors (Lipinski definition) is 3. The second-order valence-corrected chi connectivity index (χ2v) is 4.13. The van der Waals surface area contributed by atoms with E-state index >= 15 is 0 Å². The topological polar surface area (TPSA) is 63.6 Å². The van der Waals surface area contributed by atoms with Gasteiger partial charge in [0.25, 0.3) is 0 Å². The summed E-state index contributed by atoms with van der Waals surface area (Å²) < 4.78 is 23.9. The molecule has 0 aromatic heterocycles. The second-order valence-electron chi connectivity index (χ2n) is 2.76. The molecule has 0 aliphatic rings. The molecule has 1 aromatic carbocycles. The lowest BCUT2D eigenvalue weighted by atomic mass is 10.1. The first kappa shape index (κ1) is 12.2. The van der Waals surface area contributed by atoms with Gasteiger partial charge in [0.05, 0.1) is 18.4 Å². The van der Waals surface area contributed by atoms with Crippen molar-refractivity contribution in [3.63, 3.8) is 0 Å². The van der Waals surface area contributed by atoms with Crippen molar-refractivity contribution in [1.29, 1.82) is 0 Å². The number of rotatable bonds is 3. The van der Waals surface area contributed by atoms with Gasteiger partial charge in [0.1, 0.15) is 0 Å². The normalized spacial score (nSPS) is 12.2. The van der Waals surface area contributed by atoms with Gasteiger partial charge in [0, 0.05) is 5.02 Å². The number of hydrogen-bond donors (Lipinski definition) is 1. The van der Waals surface area contributed by atoms with Crippen LogP contribution >= 0.6 is 11.6 Å². The molecule has 1 N–H and O–H groups in total. The molecule has 1 atom stereocenters. The fraction of sp³-hybridized carbons (Fsp3) is 0.222. The number of ether oxygens (including phenoxy) is 1. The number of esters is 1. The molecule has 82 valence electrons. The molecular formula is C9H9ClO4S. The van der Waals surface area contributed by atoms with Crippen LogP contribution in [0.15, 0.2) is 18.2 Å². The molecule has 0 fully saturated rings. The van der Waals surface area contributed by atoms with Crippen LogP contribution in [0.25, 0.3) is 0 Å². The Hall–Kier alpha value is -0.910. The average molecular weight is 249 g/mol. The van der Waals surface area contributed by atoms with Crippen LogP contribution in [0.4, 0.5) is 0 Å². The van der Waals surface area contributed by atoms with Crippen LogP contribution in [0, 0.1) is 0 Å². The average Bonchev–Trinajstić information content (AvgIpc) is 2.19. The van der Waals surface area contributed by atoms with E-state index in [1.54, 1.807) is 6.07 Å². The van der Waals surface area contributed by atoms with Crippen molar-refractivity contribution in [2.24, 2.45) is 0 Å². The van der Waals surface area contributed by atoms with Crippen LogP contribution < -0.4 is 0 Å². The Morgan fingerprint density at radius 3 is 2.80 bits per heavy atom. The van der Waals surface area contributed by atoms with Gasteiger partial charge in [-0.15, -0.1) is 0 Å². The van der Waals surface area contributed by atoms with Crippen molar-refractivity contribution < 1.29 is 18.3 Å². The Bertz CT molecular complexity index is 405. The van der Waals surface area contributed by atoms with Crippen molar-refractivity contribution in [1.82, 2.24) is 0 Å². The highest BCUT2D eigenvalue weighted by Gasteiger charge is 2.13. The maximum Gasteiger partial charge on any atom is 0.338 e. The zero-order valence-electron chi connectivity index (χ0n) is 7.90. The molecule has 0 aliphatic heterocycles. The van der Waals surface area contributed by atoms with Gasteiger partial charge >= 0.3 is 5.97 Å². The Kier molecular flexibility index (Phi) is 4.26. The second kappa shape index (κ2) is 5.25. The summed E-state index contributed by atoms with van der Waals surface area (Å²) in [6.45, 7) is 0. The molecular weight excluding hydrogens is 240 g/mol. The third kappa shape index (κ3) is 3.30. The van der Waals surface area contributed by atoms with Crippen molar-refractivity contribution in [3.8, 4) is 0 Å². The molecule has 1 rings (SSSR count). The van der Waals surface area contributed by atoms with E-state index in [2.05, 4.69) is 4.74 Å². The lowest BCUT2D eigenvalue weighted by molar-refractivity contribution is 0.0600. The van der Waals surface area contributed by atoms with E-state index in [1.807, 2.05) is 0 Å². The Morgan fingerprint density at radius 1 is 1.60 bits per heavy atom. The smallest absolute Gasteiger partial charge is 0.338 e.